The molecule has 6 nitrogen and oxygen atoms in total. The smallest absolute Gasteiger partial charge is 0.416 e. The van der Waals surface area contributed by atoms with Gasteiger partial charge in [-0.2, -0.15) is 13.2 Å². The molecule has 1 aromatic heterocycles. The van der Waals surface area contributed by atoms with Crippen LogP contribution in [-0.4, -0.2) is 29.9 Å². The number of nitrogens with zero attached hydrogens (tertiary/aromatic N) is 1. The van der Waals surface area contributed by atoms with Crippen LogP contribution in [0, 0.1) is 5.82 Å². The Balaban J connectivity index is 1.99. The fourth-order valence-corrected chi connectivity index (χ4v) is 2.88. The van der Waals surface area contributed by atoms with E-state index in [9.17, 15) is 22.4 Å². The van der Waals surface area contributed by atoms with Crippen molar-refractivity contribution in [3.05, 3.63) is 71.7 Å². The van der Waals surface area contributed by atoms with Gasteiger partial charge in [-0.15, -0.1) is 0 Å². The number of carbonyl (C=O) groups is 1. The number of nitrogens with one attached hydrogen (secondary N) is 1. The summed E-state index contributed by atoms with van der Waals surface area (Å²) in [5.41, 5.74) is -1.18. The molecule has 0 atom stereocenters. The van der Waals surface area contributed by atoms with E-state index in [2.05, 4.69) is 26.2 Å². The van der Waals surface area contributed by atoms with Crippen molar-refractivity contribution in [1.29, 1.82) is 0 Å². The molecule has 0 aliphatic carbocycles. The first kappa shape index (κ1) is 24.3. The summed E-state index contributed by atoms with van der Waals surface area (Å²) in [4.78, 5) is 16.8. The Morgan fingerprint density at radius 2 is 1.82 bits per heavy atom. The largest absolute Gasteiger partial charge is 0.489 e. The number of methoxy groups -OCH3 is 1. The number of hydrogen-bond acceptors (Lipinski definition) is 5. The number of ether oxygens (including phenoxy) is 3. The minimum Gasteiger partial charge on any atom is -0.489 e. The predicted octanol–water partition coefficient (Wildman–Crippen LogP) is 6.07. The number of amides is 1. The third kappa shape index (κ3) is 6.35. The fraction of sp³-hybridized carbons (Fsp3) is 0.182. The van der Waals surface area contributed by atoms with E-state index in [4.69, 9.17) is 14.2 Å². The van der Waals surface area contributed by atoms with E-state index >= 15 is 0 Å². The maximum atomic E-state index is 13.7. The number of carbonyl (C=O) groups excluding carboxylic acids is 1. The maximum absolute atomic E-state index is 13.7. The lowest BCUT2D eigenvalue weighted by Gasteiger charge is -2.16. The van der Waals surface area contributed by atoms with Gasteiger partial charge in [-0.05, 0) is 36.4 Å². The van der Waals surface area contributed by atoms with Gasteiger partial charge in [-0.1, -0.05) is 15.9 Å². The third-order valence-corrected chi connectivity index (χ3v) is 4.54. The van der Waals surface area contributed by atoms with Crippen molar-refractivity contribution < 1.29 is 36.6 Å². The van der Waals surface area contributed by atoms with Gasteiger partial charge in [0, 0.05) is 29.3 Å². The molecule has 3 aromatic rings. The molecular weight excluding hydrogens is 512 g/mol. The zero-order valence-electron chi connectivity index (χ0n) is 17.1. The third-order valence-electron chi connectivity index (χ3n) is 4.21. The molecule has 174 valence electrons. The standard InChI is InChI=1S/C22H17BrF4N2O4/c1-31-20-12-15(6-8-28-20)29-21(30)16-10-13(22(25,26)27)2-4-17(16)33-18-5-3-14(24)11-19(18)32-9-7-23/h2-6,8,10-12H,7,9H2,1H3,(H,28,29,30). The highest BCUT2D eigenvalue weighted by Crippen LogP contribution is 2.37. The Kier molecular flexibility index (Phi) is 7.75. The van der Waals surface area contributed by atoms with E-state index in [0.29, 0.717) is 11.4 Å². The van der Waals surface area contributed by atoms with Gasteiger partial charge in [-0.25, -0.2) is 9.37 Å². The topological polar surface area (TPSA) is 69.7 Å². The van der Waals surface area contributed by atoms with Gasteiger partial charge in [0.25, 0.3) is 5.91 Å². The Morgan fingerprint density at radius 1 is 1.06 bits per heavy atom. The molecule has 0 unspecified atom stereocenters. The molecule has 1 amide bonds. The minimum absolute atomic E-state index is 0.0248. The Hall–Kier alpha value is -3.34. The van der Waals surface area contributed by atoms with E-state index < -0.39 is 29.0 Å². The van der Waals surface area contributed by atoms with E-state index in [1.54, 1.807) is 0 Å². The van der Waals surface area contributed by atoms with Gasteiger partial charge in [0.05, 0.1) is 24.8 Å². The van der Waals surface area contributed by atoms with Gasteiger partial charge >= 0.3 is 6.18 Å². The molecular formula is C22H17BrF4N2O4. The monoisotopic (exact) mass is 528 g/mol. The van der Waals surface area contributed by atoms with Crippen molar-refractivity contribution in [3.63, 3.8) is 0 Å². The summed E-state index contributed by atoms with van der Waals surface area (Å²) in [7, 11) is 1.38. The number of aromatic nitrogens is 1. The van der Waals surface area contributed by atoms with E-state index in [0.717, 1.165) is 24.3 Å². The Bertz CT molecular complexity index is 1140. The van der Waals surface area contributed by atoms with Crippen LogP contribution in [0.15, 0.2) is 54.7 Å². The summed E-state index contributed by atoms with van der Waals surface area (Å²) in [6.07, 6.45) is -3.32. The molecule has 33 heavy (non-hydrogen) atoms. The van der Waals surface area contributed by atoms with Crippen LogP contribution in [0.2, 0.25) is 0 Å². The second kappa shape index (κ2) is 10.5. The molecule has 1 heterocycles. The second-order valence-corrected chi connectivity index (χ2v) is 7.27. The molecule has 0 bridgehead atoms. The lowest BCUT2D eigenvalue weighted by Crippen LogP contribution is -2.15. The molecule has 0 saturated carbocycles. The second-order valence-electron chi connectivity index (χ2n) is 6.48. The molecule has 2 aromatic carbocycles. The van der Waals surface area contributed by atoms with E-state index in [1.165, 1.54) is 31.5 Å². The van der Waals surface area contributed by atoms with E-state index in [-0.39, 0.29) is 35.4 Å². The van der Waals surface area contributed by atoms with Gasteiger partial charge in [-0.3, -0.25) is 4.79 Å². The highest BCUT2D eigenvalue weighted by atomic mass is 79.9. The van der Waals surface area contributed by atoms with Crippen molar-refractivity contribution in [2.75, 3.05) is 24.4 Å². The van der Waals surface area contributed by atoms with Gasteiger partial charge in [0.1, 0.15) is 11.6 Å². The minimum atomic E-state index is -4.69. The SMILES string of the molecule is COc1cc(NC(=O)c2cc(C(F)(F)F)ccc2Oc2ccc(F)cc2OCCBr)ccn1. The summed E-state index contributed by atoms with van der Waals surface area (Å²) >= 11 is 3.18. The zero-order chi connectivity index (χ0) is 24.0. The summed E-state index contributed by atoms with van der Waals surface area (Å²) in [5, 5.41) is 2.94. The first-order valence-electron chi connectivity index (χ1n) is 9.40. The Morgan fingerprint density at radius 3 is 2.52 bits per heavy atom. The van der Waals surface area contributed by atoms with Crippen molar-refractivity contribution >= 4 is 27.5 Å². The zero-order valence-corrected chi connectivity index (χ0v) is 18.7. The molecule has 0 spiro atoms. The number of anilines is 1. The number of rotatable bonds is 8. The van der Waals surface area contributed by atoms with Crippen LogP contribution in [0.3, 0.4) is 0 Å². The van der Waals surface area contributed by atoms with Crippen molar-refractivity contribution in [3.8, 4) is 23.1 Å². The van der Waals surface area contributed by atoms with Crippen LogP contribution in [0.1, 0.15) is 15.9 Å². The molecule has 0 aliphatic rings. The van der Waals surface area contributed by atoms with Crippen molar-refractivity contribution in [1.82, 2.24) is 4.98 Å². The average molecular weight is 529 g/mol. The van der Waals surface area contributed by atoms with Crippen LogP contribution >= 0.6 is 15.9 Å². The first-order valence-corrected chi connectivity index (χ1v) is 10.5. The summed E-state index contributed by atoms with van der Waals surface area (Å²) < 4.78 is 69.7. The highest BCUT2D eigenvalue weighted by Gasteiger charge is 2.32. The summed E-state index contributed by atoms with van der Waals surface area (Å²) in [6, 6.07) is 8.75. The van der Waals surface area contributed by atoms with Crippen LogP contribution in [0.5, 0.6) is 23.1 Å². The van der Waals surface area contributed by atoms with Crippen LogP contribution in [0.4, 0.5) is 23.2 Å². The predicted molar refractivity (Wildman–Crippen MR) is 116 cm³/mol. The first-order chi connectivity index (χ1) is 15.7. The number of hydrogen-bond donors (Lipinski definition) is 1. The quantitative estimate of drug-likeness (QED) is 0.284. The van der Waals surface area contributed by atoms with Crippen molar-refractivity contribution in [2.45, 2.75) is 6.18 Å². The maximum Gasteiger partial charge on any atom is 0.416 e. The number of halogens is 5. The molecule has 0 aliphatic heterocycles. The van der Waals surface area contributed by atoms with Crippen LogP contribution in [-0.2, 0) is 6.18 Å². The van der Waals surface area contributed by atoms with Gasteiger partial charge < -0.3 is 19.5 Å². The number of benzene rings is 2. The summed E-state index contributed by atoms with van der Waals surface area (Å²) in [6.45, 7) is 0.185. The molecule has 0 saturated heterocycles. The number of alkyl halides is 4. The van der Waals surface area contributed by atoms with Gasteiger partial charge in [0.2, 0.25) is 5.88 Å². The van der Waals surface area contributed by atoms with Crippen LogP contribution in [0.25, 0.3) is 0 Å². The Labute approximate surface area is 194 Å². The lowest BCUT2D eigenvalue weighted by molar-refractivity contribution is -0.137. The number of pyridine rings is 1. The normalized spacial score (nSPS) is 11.1. The fourth-order valence-electron chi connectivity index (χ4n) is 2.72. The van der Waals surface area contributed by atoms with Gasteiger partial charge in [0.15, 0.2) is 11.5 Å². The lowest BCUT2D eigenvalue weighted by atomic mass is 10.1. The summed E-state index contributed by atoms with van der Waals surface area (Å²) in [5.74, 6) is -1.39. The van der Waals surface area contributed by atoms with E-state index in [1.807, 2.05) is 0 Å². The molecule has 11 heteroatoms. The molecule has 3 rings (SSSR count). The highest BCUT2D eigenvalue weighted by molar-refractivity contribution is 9.09. The molecule has 1 N–H and O–H groups in total. The average Bonchev–Trinajstić information content (AvgIpc) is 2.78. The molecule has 0 fully saturated rings. The van der Waals surface area contributed by atoms with Crippen molar-refractivity contribution in [2.24, 2.45) is 0 Å². The van der Waals surface area contributed by atoms with Crippen LogP contribution < -0.4 is 19.5 Å². The molecule has 0 radical (unpaired) electrons.